The third kappa shape index (κ3) is 3.79. The lowest BCUT2D eigenvalue weighted by Crippen LogP contribution is -2.10. The molecule has 0 aliphatic carbocycles. The second-order valence-corrected chi connectivity index (χ2v) is 5.54. The highest BCUT2D eigenvalue weighted by molar-refractivity contribution is 7.90. The Hall–Kier alpha value is -1.23. The molecular weight excluding hydrogens is 219 g/mol. The summed E-state index contributed by atoms with van der Waals surface area (Å²) in [5.74, 6) is -1.35. The van der Waals surface area contributed by atoms with Crippen molar-refractivity contribution in [2.45, 2.75) is 6.42 Å². The molecule has 0 aromatic heterocycles. The lowest BCUT2D eigenvalue weighted by Gasteiger charge is -2.01. The quantitative estimate of drug-likeness (QED) is 0.735. The molecule has 15 heavy (non-hydrogen) atoms. The predicted octanol–water partition coefficient (Wildman–Crippen LogP) is 1.44. The fourth-order valence-corrected chi connectivity index (χ4v) is 1.66. The summed E-state index contributed by atoms with van der Waals surface area (Å²) >= 11 is 0. The molecule has 0 N–H and O–H groups in total. The summed E-state index contributed by atoms with van der Waals surface area (Å²) in [4.78, 5) is 11.4. The van der Waals surface area contributed by atoms with Crippen molar-refractivity contribution in [3.8, 4) is 0 Å². The number of Topliss-reactive ketones (excluding diaryl/α,β-unsaturated/α-hetero) is 1. The number of carbonyl (C=O) groups is 1. The van der Waals surface area contributed by atoms with E-state index in [9.17, 15) is 17.6 Å². The van der Waals surface area contributed by atoms with Gasteiger partial charge in [0.15, 0.2) is 5.78 Å². The van der Waals surface area contributed by atoms with Crippen LogP contribution in [-0.4, -0.2) is 26.2 Å². The molecule has 5 heteroatoms. The maximum Gasteiger partial charge on any atom is 0.166 e. The maximum atomic E-state index is 13.1. The monoisotopic (exact) mass is 230 g/mol. The van der Waals surface area contributed by atoms with Crippen LogP contribution in [0.15, 0.2) is 24.3 Å². The number of ketones is 1. The number of benzene rings is 1. The molecule has 0 aliphatic rings. The third-order valence-electron chi connectivity index (χ3n) is 1.87. The fraction of sp³-hybridized carbons (Fsp3) is 0.300. The molecular formula is C10H11FO3S. The van der Waals surface area contributed by atoms with Gasteiger partial charge in [-0.05, 0) is 12.1 Å². The van der Waals surface area contributed by atoms with Gasteiger partial charge in [0, 0.05) is 12.7 Å². The Balaban J connectivity index is 2.75. The fourth-order valence-electron chi connectivity index (χ4n) is 1.10. The van der Waals surface area contributed by atoms with Crippen LogP contribution in [0.1, 0.15) is 16.8 Å². The van der Waals surface area contributed by atoms with Crippen LogP contribution < -0.4 is 0 Å². The Morgan fingerprint density at radius 3 is 2.47 bits per heavy atom. The molecule has 0 fully saturated rings. The molecule has 0 bridgehead atoms. The molecule has 0 heterocycles. The molecule has 0 saturated heterocycles. The molecule has 0 aliphatic heterocycles. The van der Waals surface area contributed by atoms with Gasteiger partial charge in [0.1, 0.15) is 15.7 Å². The first-order valence-corrected chi connectivity index (χ1v) is 6.41. The first-order valence-electron chi connectivity index (χ1n) is 4.35. The molecule has 0 amide bonds. The van der Waals surface area contributed by atoms with Gasteiger partial charge in [0.25, 0.3) is 0 Å². The van der Waals surface area contributed by atoms with Crippen LogP contribution in [0.25, 0.3) is 0 Å². The molecule has 0 spiro atoms. The zero-order valence-electron chi connectivity index (χ0n) is 8.23. The zero-order chi connectivity index (χ0) is 11.5. The van der Waals surface area contributed by atoms with Crippen LogP contribution in [-0.2, 0) is 9.84 Å². The van der Waals surface area contributed by atoms with Gasteiger partial charge < -0.3 is 0 Å². The largest absolute Gasteiger partial charge is 0.294 e. The first kappa shape index (κ1) is 11.8. The van der Waals surface area contributed by atoms with E-state index in [1.807, 2.05) is 0 Å². The summed E-state index contributed by atoms with van der Waals surface area (Å²) in [5, 5.41) is 0. The summed E-state index contributed by atoms with van der Waals surface area (Å²) in [6, 6.07) is 5.53. The normalized spacial score (nSPS) is 11.3. The molecule has 1 aromatic rings. The lowest BCUT2D eigenvalue weighted by atomic mass is 10.1. The van der Waals surface area contributed by atoms with Crippen molar-refractivity contribution in [3.63, 3.8) is 0 Å². The Morgan fingerprint density at radius 1 is 1.33 bits per heavy atom. The van der Waals surface area contributed by atoms with E-state index < -0.39 is 21.4 Å². The van der Waals surface area contributed by atoms with E-state index >= 15 is 0 Å². The minimum absolute atomic E-state index is 0.0545. The van der Waals surface area contributed by atoms with Gasteiger partial charge in [0.05, 0.1) is 11.3 Å². The van der Waals surface area contributed by atoms with Crippen LogP contribution in [0.2, 0.25) is 0 Å². The molecule has 1 aromatic carbocycles. The maximum absolute atomic E-state index is 13.1. The van der Waals surface area contributed by atoms with Crippen LogP contribution in [0.3, 0.4) is 0 Å². The number of hydrogen-bond acceptors (Lipinski definition) is 3. The average Bonchev–Trinajstić information content (AvgIpc) is 2.14. The predicted molar refractivity (Wildman–Crippen MR) is 55.1 cm³/mol. The molecule has 82 valence electrons. The molecule has 3 nitrogen and oxygen atoms in total. The summed E-state index contributed by atoms with van der Waals surface area (Å²) in [6.45, 7) is 0. The summed E-state index contributed by atoms with van der Waals surface area (Å²) < 4.78 is 34.7. The van der Waals surface area contributed by atoms with E-state index in [4.69, 9.17) is 0 Å². The second-order valence-electron chi connectivity index (χ2n) is 3.28. The Labute approximate surface area is 87.8 Å². The van der Waals surface area contributed by atoms with Crippen molar-refractivity contribution >= 4 is 15.6 Å². The van der Waals surface area contributed by atoms with Crippen LogP contribution in [0, 0.1) is 5.82 Å². The van der Waals surface area contributed by atoms with Crippen molar-refractivity contribution in [3.05, 3.63) is 35.6 Å². The number of carbonyl (C=O) groups excluding carboxylic acids is 1. The number of rotatable bonds is 4. The van der Waals surface area contributed by atoms with Gasteiger partial charge in [-0.15, -0.1) is 0 Å². The zero-order valence-corrected chi connectivity index (χ0v) is 9.05. The van der Waals surface area contributed by atoms with Crippen molar-refractivity contribution in [1.29, 1.82) is 0 Å². The van der Waals surface area contributed by atoms with E-state index in [1.165, 1.54) is 24.3 Å². The highest BCUT2D eigenvalue weighted by Crippen LogP contribution is 2.09. The Morgan fingerprint density at radius 2 is 1.93 bits per heavy atom. The molecule has 0 radical (unpaired) electrons. The van der Waals surface area contributed by atoms with E-state index in [0.29, 0.717) is 0 Å². The second kappa shape index (κ2) is 4.53. The summed E-state index contributed by atoms with van der Waals surface area (Å²) in [5.41, 5.74) is -0.0545. The summed E-state index contributed by atoms with van der Waals surface area (Å²) in [7, 11) is -3.18. The topological polar surface area (TPSA) is 51.2 Å². The SMILES string of the molecule is CS(=O)(=O)CCC(=O)c1ccccc1F. The van der Waals surface area contributed by atoms with Gasteiger partial charge in [0.2, 0.25) is 0 Å². The van der Waals surface area contributed by atoms with E-state index in [1.54, 1.807) is 0 Å². The van der Waals surface area contributed by atoms with Gasteiger partial charge in [-0.3, -0.25) is 4.79 Å². The smallest absolute Gasteiger partial charge is 0.166 e. The van der Waals surface area contributed by atoms with E-state index in [2.05, 4.69) is 0 Å². The van der Waals surface area contributed by atoms with Crippen molar-refractivity contribution < 1.29 is 17.6 Å². The molecule has 0 atom stereocenters. The van der Waals surface area contributed by atoms with Gasteiger partial charge in [-0.1, -0.05) is 12.1 Å². The standard InChI is InChI=1S/C10H11FO3S/c1-15(13,14)7-6-10(12)8-4-2-3-5-9(8)11/h2-5H,6-7H2,1H3. The molecule has 0 unspecified atom stereocenters. The van der Waals surface area contributed by atoms with Crippen LogP contribution in [0.5, 0.6) is 0 Å². The summed E-state index contributed by atoms with van der Waals surface area (Å²) in [6.07, 6.45) is 0.862. The van der Waals surface area contributed by atoms with E-state index in [0.717, 1.165) is 6.26 Å². The third-order valence-corrected chi connectivity index (χ3v) is 2.82. The van der Waals surface area contributed by atoms with Gasteiger partial charge >= 0.3 is 0 Å². The average molecular weight is 230 g/mol. The lowest BCUT2D eigenvalue weighted by molar-refractivity contribution is 0.0985. The van der Waals surface area contributed by atoms with Crippen molar-refractivity contribution in [2.24, 2.45) is 0 Å². The van der Waals surface area contributed by atoms with Crippen LogP contribution >= 0.6 is 0 Å². The Bertz CT molecular complexity index is 465. The first-order chi connectivity index (χ1) is 6.90. The Kier molecular flexibility index (Phi) is 3.57. The van der Waals surface area contributed by atoms with Gasteiger partial charge in [-0.2, -0.15) is 0 Å². The van der Waals surface area contributed by atoms with Crippen LogP contribution in [0.4, 0.5) is 4.39 Å². The molecule has 1 rings (SSSR count). The number of hydrogen-bond donors (Lipinski definition) is 0. The highest BCUT2D eigenvalue weighted by Gasteiger charge is 2.13. The van der Waals surface area contributed by atoms with Crippen molar-refractivity contribution in [2.75, 3.05) is 12.0 Å². The minimum Gasteiger partial charge on any atom is -0.294 e. The molecule has 0 saturated carbocycles. The highest BCUT2D eigenvalue weighted by atomic mass is 32.2. The van der Waals surface area contributed by atoms with Crippen molar-refractivity contribution in [1.82, 2.24) is 0 Å². The number of halogens is 1. The number of sulfone groups is 1. The van der Waals surface area contributed by atoms with E-state index in [-0.39, 0.29) is 17.7 Å². The minimum atomic E-state index is -3.18. The van der Waals surface area contributed by atoms with Gasteiger partial charge in [-0.25, -0.2) is 12.8 Å².